The Labute approximate surface area is 186 Å². The average Bonchev–Trinajstić information content (AvgIpc) is 3.22. The first-order valence-corrected chi connectivity index (χ1v) is 14.9. The summed E-state index contributed by atoms with van der Waals surface area (Å²) in [6, 6.07) is 0. The summed E-state index contributed by atoms with van der Waals surface area (Å²) >= 11 is 0.818. The van der Waals surface area contributed by atoms with E-state index in [9.17, 15) is 5.11 Å². The molecule has 0 amide bonds. The van der Waals surface area contributed by atoms with Gasteiger partial charge in [0.2, 0.25) is 0 Å². The minimum absolute atomic E-state index is 0.0166. The number of fused-ring (bicyclic) bond motifs is 4. The second-order valence-electron chi connectivity index (χ2n) is 13.0. The van der Waals surface area contributed by atoms with Crippen LogP contribution < -0.4 is 0 Å². The van der Waals surface area contributed by atoms with Crippen LogP contribution in [0.3, 0.4) is 0 Å². The molecule has 166 valence electrons. The molecule has 1 N–H and O–H groups in total. The van der Waals surface area contributed by atoms with Crippen LogP contribution in [0.2, 0.25) is 9.13 Å². The van der Waals surface area contributed by atoms with Crippen molar-refractivity contribution < 1.29 is 5.11 Å². The quantitative estimate of drug-likeness (QED) is 0.428. The summed E-state index contributed by atoms with van der Waals surface area (Å²) in [4.78, 5) is 1.01. The van der Waals surface area contributed by atoms with Crippen LogP contribution in [0.1, 0.15) is 105 Å². The zero-order valence-corrected chi connectivity index (χ0v) is 21.5. The van der Waals surface area contributed by atoms with Crippen molar-refractivity contribution in [2.24, 2.45) is 46.3 Å². The molecule has 4 aliphatic carbocycles. The molecule has 1 aliphatic heterocycles. The monoisotopic (exact) mass is 466 g/mol. The Balaban J connectivity index is 1.33. The van der Waals surface area contributed by atoms with E-state index in [-0.39, 0.29) is 6.10 Å². The van der Waals surface area contributed by atoms with E-state index in [1.165, 1.54) is 51.4 Å². The molecule has 10 atom stereocenters. The van der Waals surface area contributed by atoms with Crippen LogP contribution >= 0.6 is 0 Å². The summed E-state index contributed by atoms with van der Waals surface area (Å²) in [5, 5.41) is 10.5. The van der Waals surface area contributed by atoms with E-state index < -0.39 is 0 Å². The van der Waals surface area contributed by atoms with Crippen LogP contribution in [0, 0.1) is 46.3 Å². The molecule has 0 radical (unpaired) electrons. The molecular weight excluding hydrogens is 419 g/mol. The van der Waals surface area contributed by atoms with Gasteiger partial charge < -0.3 is 0 Å². The molecule has 1 saturated heterocycles. The van der Waals surface area contributed by atoms with Crippen LogP contribution in [0.5, 0.6) is 0 Å². The summed E-state index contributed by atoms with van der Waals surface area (Å²) < 4.78 is 0.606. The molecule has 1 heterocycles. The van der Waals surface area contributed by atoms with E-state index in [0.717, 1.165) is 68.1 Å². The normalized spacial score (nSPS) is 54.3. The molecular formula is C27H46OSe. The summed E-state index contributed by atoms with van der Waals surface area (Å²) in [5.41, 5.74) is 1.20. The molecule has 2 heteroatoms. The van der Waals surface area contributed by atoms with Crippen molar-refractivity contribution in [2.75, 3.05) is 0 Å². The molecule has 0 bridgehead atoms. The van der Waals surface area contributed by atoms with E-state index in [0.29, 0.717) is 15.1 Å². The molecule has 4 saturated carbocycles. The second-order valence-corrected chi connectivity index (χ2v) is 16.2. The van der Waals surface area contributed by atoms with Gasteiger partial charge in [-0.2, -0.15) is 0 Å². The molecule has 0 aromatic rings. The van der Waals surface area contributed by atoms with E-state index >= 15 is 0 Å². The van der Waals surface area contributed by atoms with Gasteiger partial charge in [0.1, 0.15) is 0 Å². The van der Waals surface area contributed by atoms with Gasteiger partial charge in [-0.3, -0.25) is 0 Å². The number of aliphatic hydroxyl groups excluding tert-OH is 1. The predicted octanol–water partition coefficient (Wildman–Crippen LogP) is 7.13. The predicted molar refractivity (Wildman–Crippen MR) is 123 cm³/mol. The van der Waals surface area contributed by atoms with E-state index in [4.69, 9.17) is 0 Å². The average molecular weight is 466 g/mol. The number of aliphatic hydroxyl groups is 1. The Morgan fingerprint density at radius 1 is 0.966 bits per heavy atom. The van der Waals surface area contributed by atoms with Crippen molar-refractivity contribution in [3.63, 3.8) is 0 Å². The summed E-state index contributed by atoms with van der Waals surface area (Å²) in [5.74, 6) is 5.78. The zero-order valence-electron chi connectivity index (χ0n) is 19.8. The van der Waals surface area contributed by atoms with Crippen LogP contribution in [0.25, 0.3) is 0 Å². The van der Waals surface area contributed by atoms with Crippen LogP contribution in [-0.2, 0) is 0 Å². The third-order valence-electron chi connectivity index (χ3n) is 11.3. The second kappa shape index (κ2) is 7.25. The van der Waals surface area contributed by atoms with Gasteiger partial charge in [-0.05, 0) is 0 Å². The van der Waals surface area contributed by atoms with Crippen molar-refractivity contribution in [2.45, 2.75) is 120 Å². The third-order valence-corrected chi connectivity index (χ3v) is 15.4. The fourth-order valence-corrected chi connectivity index (χ4v) is 13.9. The van der Waals surface area contributed by atoms with Crippen molar-refractivity contribution in [1.29, 1.82) is 0 Å². The topological polar surface area (TPSA) is 20.2 Å². The summed E-state index contributed by atoms with van der Waals surface area (Å²) in [6.07, 6.45) is 15.5. The van der Waals surface area contributed by atoms with Crippen molar-refractivity contribution >= 4 is 15.0 Å². The van der Waals surface area contributed by atoms with Gasteiger partial charge in [0.25, 0.3) is 0 Å². The van der Waals surface area contributed by atoms with Gasteiger partial charge in [0.05, 0.1) is 0 Å². The molecule has 0 aromatic carbocycles. The van der Waals surface area contributed by atoms with E-state index in [1.807, 2.05) is 0 Å². The molecule has 1 nitrogen and oxygen atoms in total. The summed E-state index contributed by atoms with van der Waals surface area (Å²) in [6.45, 7) is 12.8. The van der Waals surface area contributed by atoms with E-state index in [1.54, 1.807) is 6.42 Å². The standard InChI is InChI=1S/C27H46OSe/c1-17(2)7-6-8-18(3)21-9-10-22-20-15-24-27(29-24)16-19(28)11-14-26(27,5)23(20)12-13-25(21,22)4/h17-24,28H,6-16H2,1-5H3/t18?,19-,20-,21+,22-,23-,24?,25+,26+,27?/m0/s1. The van der Waals surface area contributed by atoms with Crippen molar-refractivity contribution in [3.05, 3.63) is 0 Å². The number of hydrogen-bond acceptors (Lipinski definition) is 1. The van der Waals surface area contributed by atoms with Gasteiger partial charge in [-0.15, -0.1) is 0 Å². The van der Waals surface area contributed by atoms with Gasteiger partial charge in [0.15, 0.2) is 0 Å². The van der Waals surface area contributed by atoms with Crippen LogP contribution in [-0.4, -0.2) is 26.2 Å². The summed E-state index contributed by atoms with van der Waals surface area (Å²) in [7, 11) is 0. The SMILES string of the molecule is CC(C)CCCC(C)[C@H]1CC[C@H]2[C@@H]3CC4[Se]C45C[C@@H](O)CC[C@]5(C)[C@H]3CC[C@]12C. The van der Waals surface area contributed by atoms with Gasteiger partial charge >= 0.3 is 187 Å². The van der Waals surface area contributed by atoms with Crippen molar-refractivity contribution in [3.8, 4) is 0 Å². The van der Waals surface area contributed by atoms with Gasteiger partial charge in [-0.1, -0.05) is 0 Å². The van der Waals surface area contributed by atoms with Gasteiger partial charge in [-0.25, -0.2) is 0 Å². The van der Waals surface area contributed by atoms with E-state index in [2.05, 4.69) is 34.6 Å². The molecule has 5 rings (SSSR count). The minimum atomic E-state index is 0.0166. The molecule has 5 aliphatic rings. The maximum absolute atomic E-state index is 10.5. The Kier molecular flexibility index (Phi) is 5.33. The first kappa shape index (κ1) is 21.3. The molecule has 5 fully saturated rings. The number of rotatable bonds is 5. The third kappa shape index (κ3) is 3.08. The zero-order chi connectivity index (χ0) is 20.6. The Morgan fingerprint density at radius 3 is 2.52 bits per heavy atom. The Hall–Kier alpha value is 0.479. The molecule has 0 aromatic heterocycles. The molecule has 29 heavy (non-hydrogen) atoms. The molecule has 3 unspecified atom stereocenters. The molecule has 1 spiro atoms. The maximum atomic E-state index is 10.5. The number of hydrogen-bond donors (Lipinski definition) is 1. The fourth-order valence-electron chi connectivity index (χ4n) is 9.68. The first-order chi connectivity index (χ1) is 13.7. The Bertz CT molecular complexity index is 632. The Morgan fingerprint density at radius 2 is 1.76 bits per heavy atom. The van der Waals surface area contributed by atoms with Crippen molar-refractivity contribution in [1.82, 2.24) is 0 Å². The van der Waals surface area contributed by atoms with Crippen LogP contribution in [0.4, 0.5) is 0 Å². The van der Waals surface area contributed by atoms with Gasteiger partial charge in [0, 0.05) is 0 Å². The van der Waals surface area contributed by atoms with Crippen LogP contribution in [0.15, 0.2) is 0 Å². The fraction of sp³-hybridized carbons (Fsp3) is 1.00. The first-order valence-electron chi connectivity index (χ1n) is 13.1.